The number of aryl methyl sites for hydroxylation is 1. The van der Waals surface area contributed by atoms with Crippen LogP contribution in [0.25, 0.3) is 0 Å². The average Bonchev–Trinajstić information content (AvgIpc) is 2.77. The van der Waals surface area contributed by atoms with Gasteiger partial charge in [-0.15, -0.1) is 0 Å². The van der Waals surface area contributed by atoms with Crippen LogP contribution in [-0.4, -0.2) is 39.1 Å². The molecule has 0 radical (unpaired) electrons. The number of rotatable bonds is 6. The number of amides is 2. The average molecular weight is 465 g/mol. The molecule has 0 bridgehead atoms. The van der Waals surface area contributed by atoms with Gasteiger partial charge in [-0.05, 0) is 58.6 Å². The Morgan fingerprint density at radius 3 is 2.31 bits per heavy atom. The van der Waals surface area contributed by atoms with E-state index in [9.17, 15) is 18.4 Å². The van der Waals surface area contributed by atoms with Crippen LogP contribution in [0.5, 0.6) is 0 Å². The van der Waals surface area contributed by atoms with Gasteiger partial charge in [-0.25, -0.2) is 18.7 Å². The Balaban J connectivity index is 2.05. The van der Waals surface area contributed by atoms with E-state index in [1.165, 1.54) is 25.6 Å². The van der Waals surface area contributed by atoms with Crippen molar-refractivity contribution < 1.29 is 18.4 Å². The zero-order valence-electron chi connectivity index (χ0n) is 18.3. The van der Waals surface area contributed by atoms with Gasteiger partial charge in [0, 0.05) is 29.7 Å². The number of nitrogens with zero attached hydrogens (tertiary/aromatic N) is 3. The highest BCUT2D eigenvalue weighted by Gasteiger charge is 2.48. The molecule has 2 amide bonds. The van der Waals surface area contributed by atoms with Gasteiger partial charge in [0.15, 0.2) is 5.54 Å². The lowest BCUT2D eigenvalue weighted by atomic mass is 9.83. The fraction of sp³-hybridized carbons (Fsp3) is 0.478. The second-order valence-corrected chi connectivity index (χ2v) is 9.05. The van der Waals surface area contributed by atoms with Crippen LogP contribution >= 0.6 is 11.6 Å². The first-order valence-electron chi connectivity index (χ1n) is 10.5. The summed E-state index contributed by atoms with van der Waals surface area (Å²) in [4.78, 5) is 35.7. The van der Waals surface area contributed by atoms with Crippen molar-refractivity contribution in [2.75, 3.05) is 4.90 Å². The van der Waals surface area contributed by atoms with Crippen molar-refractivity contribution in [3.05, 3.63) is 54.1 Å². The molecule has 1 saturated carbocycles. The molecule has 32 heavy (non-hydrogen) atoms. The van der Waals surface area contributed by atoms with E-state index in [4.69, 9.17) is 11.6 Å². The number of nitrogens with one attached hydrogen (secondary N) is 1. The normalized spacial score (nSPS) is 23.6. The molecule has 0 aliphatic heterocycles. The monoisotopic (exact) mass is 464 g/mol. The van der Waals surface area contributed by atoms with E-state index in [-0.39, 0.29) is 11.6 Å². The Hall–Kier alpha value is -2.61. The Morgan fingerprint density at radius 1 is 1.22 bits per heavy atom. The first-order chi connectivity index (χ1) is 15.0. The Kier molecular flexibility index (Phi) is 7.12. The minimum absolute atomic E-state index is 0.276. The summed E-state index contributed by atoms with van der Waals surface area (Å²) in [6.45, 7) is 4.92. The maximum Gasteiger partial charge on any atom is 0.278 e. The maximum absolute atomic E-state index is 14.2. The highest BCUT2D eigenvalue weighted by atomic mass is 35.5. The molecule has 1 aromatic heterocycles. The second-order valence-electron chi connectivity index (χ2n) is 8.67. The summed E-state index contributed by atoms with van der Waals surface area (Å²) in [5.41, 5.74) is -3.82. The van der Waals surface area contributed by atoms with Crippen LogP contribution in [0.4, 0.5) is 14.5 Å². The molecule has 6 nitrogen and oxygen atoms in total. The molecule has 3 rings (SSSR count). The summed E-state index contributed by atoms with van der Waals surface area (Å²) in [7, 11) is 0. The summed E-state index contributed by atoms with van der Waals surface area (Å²) in [6.07, 6.45) is 5.65. The highest BCUT2D eigenvalue weighted by Crippen LogP contribution is 2.36. The van der Waals surface area contributed by atoms with Gasteiger partial charge >= 0.3 is 0 Å². The molecule has 0 saturated heterocycles. The largest absolute Gasteiger partial charge is 0.351 e. The van der Waals surface area contributed by atoms with Crippen LogP contribution in [0.1, 0.15) is 50.7 Å². The third-order valence-electron chi connectivity index (χ3n) is 6.07. The quantitative estimate of drug-likeness (QED) is 0.645. The fourth-order valence-electron chi connectivity index (χ4n) is 4.00. The maximum atomic E-state index is 14.2. The summed E-state index contributed by atoms with van der Waals surface area (Å²) in [5, 5.41) is 2.93. The van der Waals surface area contributed by atoms with E-state index in [0.29, 0.717) is 31.4 Å². The molecule has 2 aromatic rings. The van der Waals surface area contributed by atoms with E-state index >= 15 is 0 Å². The van der Waals surface area contributed by atoms with Crippen molar-refractivity contribution in [2.45, 2.75) is 69.3 Å². The number of anilines is 1. The van der Waals surface area contributed by atoms with Gasteiger partial charge < -0.3 is 5.32 Å². The lowest BCUT2D eigenvalue weighted by Gasteiger charge is -2.41. The summed E-state index contributed by atoms with van der Waals surface area (Å²) in [5.74, 6) is -1.64. The number of hydrogen-bond acceptors (Lipinski definition) is 4. The third-order valence-corrected chi connectivity index (χ3v) is 6.26. The minimum Gasteiger partial charge on any atom is -0.351 e. The predicted octanol–water partition coefficient (Wildman–Crippen LogP) is 4.35. The summed E-state index contributed by atoms with van der Waals surface area (Å²) >= 11 is 5.56. The summed E-state index contributed by atoms with van der Waals surface area (Å²) < 4.78 is 28.4. The number of carbonyl (C=O) groups excluding carboxylic acids is 2. The lowest BCUT2D eigenvalue weighted by molar-refractivity contribution is -0.132. The number of carbonyl (C=O) groups is 2. The topological polar surface area (TPSA) is 75.2 Å². The number of benzene rings is 1. The van der Waals surface area contributed by atoms with E-state index in [1.807, 2.05) is 6.92 Å². The molecule has 1 aliphatic carbocycles. The van der Waals surface area contributed by atoms with E-state index in [1.54, 1.807) is 31.2 Å². The molecule has 1 aliphatic rings. The molecule has 1 N–H and O–H groups in total. The highest BCUT2D eigenvalue weighted by molar-refractivity contribution is 6.32. The molecular formula is C23H27ClF2N4O2. The van der Waals surface area contributed by atoms with Crippen molar-refractivity contribution in [1.82, 2.24) is 15.3 Å². The third kappa shape index (κ3) is 5.06. The van der Waals surface area contributed by atoms with E-state index in [0.717, 1.165) is 10.5 Å². The fourth-order valence-corrected chi connectivity index (χ4v) is 4.10. The van der Waals surface area contributed by atoms with Gasteiger partial charge in [0.1, 0.15) is 12.0 Å². The van der Waals surface area contributed by atoms with Gasteiger partial charge in [0.25, 0.3) is 17.4 Å². The van der Waals surface area contributed by atoms with Crippen molar-refractivity contribution >= 4 is 29.1 Å². The van der Waals surface area contributed by atoms with Gasteiger partial charge in [-0.3, -0.25) is 14.5 Å². The predicted molar refractivity (Wildman–Crippen MR) is 119 cm³/mol. The molecule has 9 heteroatoms. The first kappa shape index (κ1) is 24.0. The SMILES string of the molecule is Cc1ccc(N(C(=O)[C@H](F)Cl)[C@](C)(C(=O)NC2CCC(C)(F)CC2)c2cncnc2)cc1. The second kappa shape index (κ2) is 9.48. The zero-order chi connectivity index (χ0) is 23.5. The van der Waals surface area contributed by atoms with Crippen molar-refractivity contribution in [2.24, 2.45) is 0 Å². The van der Waals surface area contributed by atoms with Crippen molar-refractivity contribution in [1.29, 1.82) is 0 Å². The van der Waals surface area contributed by atoms with Crippen LogP contribution in [-0.2, 0) is 15.1 Å². The number of hydrogen-bond donors (Lipinski definition) is 1. The molecule has 1 aromatic carbocycles. The molecule has 0 spiro atoms. The van der Waals surface area contributed by atoms with Crippen LogP contribution in [0.15, 0.2) is 43.0 Å². The Labute approximate surface area is 191 Å². The summed E-state index contributed by atoms with van der Waals surface area (Å²) in [6, 6.07) is 6.47. The molecular weight excluding hydrogens is 438 g/mol. The number of halogens is 3. The van der Waals surface area contributed by atoms with Crippen molar-refractivity contribution in [3.8, 4) is 0 Å². The number of alkyl halides is 3. The molecule has 0 unspecified atom stereocenters. The van der Waals surface area contributed by atoms with Gasteiger partial charge in [0.2, 0.25) is 0 Å². The lowest BCUT2D eigenvalue weighted by Crippen LogP contribution is -2.60. The van der Waals surface area contributed by atoms with Gasteiger partial charge in [-0.2, -0.15) is 0 Å². The van der Waals surface area contributed by atoms with Crippen LogP contribution in [0.3, 0.4) is 0 Å². The smallest absolute Gasteiger partial charge is 0.278 e. The van der Waals surface area contributed by atoms with Crippen molar-refractivity contribution in [3.63, 3.8) is 0 Å². The number of aromatic nitrogens is 2. The first-order valence-corrected chi connectivity index (χ1v) is 10.9. The van der Waals surface area contributed by atoms with Crippen LogP contribution in [0, 0.1) is 6.92 Å². The molecule has 1 heterocycles. The molecule has 172 valence electrons. The Morgan fingerprint density at radius 2 is 1.78 bits per heavy atom. The van der Waals surface area contributed by atoms with Crippen LogP contribution < -0.4 is 10.2 Å². The molecule has 1 fully saturated rings. The molecule has 2 atom stereocenters. The van der Waals surface area contributed by atoms with Crippen LogP contribution in [0.2, 0.25) is 0 Å². The minimum atomic E-state index is -2.37. The van der Waals surface area contributed by atoms with Gasteiger partial charge in [-0.1, -0.05) is 29.3 Å². The van der Waals surface area contributed by atoms with E-state index in [2.05, 4.69) is 15.3 Å². The van der Waals surface area contributed by atoms with E-state index < -0.39 is 28.7 Å². The zero-order valence-corrected chi connectivity index (χ0v) is 19.1. The Bertz CT molecular complexity index is 946. The van der Waals surface area contributed by atoms with Gasteiger partial charge in [0.05, 0.1) is 0 Å². The standard InChI is InChI=1S/C23H27ClF2N4O2/c1-15-4-6-18(7-5-15)30(20(31)19(24)25)23(3,16-12-27-14-28-13-16)21(32)29-17-8-10-22(2,26)11-9-17/h4-7,12-14,17,19H,8-11H2,1-3H3,(H,29,32)/t17?,19-,22?,23-/m0/s1.